The van der Waals surface area contributed by atoms with Crippen molar-refractivity contribution in [2.45, 2.75) is 26.7 Å². The monoisotopic (exact) mass is 237 g/mol. The first-order valence-corrected chi connectivity index (χ1v) is 5.92. The van der Waals surface area contributed by atoms with Crippen LogP contribution in [0.5, 0.6) is 0 Å². The van der Waals surface area contributed by atoms with Crippen molar-refractivity contribution in [2.24, 2.45) is 0 Å². The Labute approximate surface area is 102 Å². The fourth-order valence-electron chi connectivity index (χ4n) is 1.58. The first kappa shape index (κ1) is 12.8. The Balaban J connectivity index is 3.02. The summed E-state index contributed by atoms with van der Waals surface area (Å²) in [6, 6.07) is 5.41. The van der Waals surface area contributed by atoms with Gasteiger partial charge in [-0.05, 0) is 25.0 Å². The summed E-state index contributed by atoms with van der Waals surface area (Å²) in [5.41, 5.74) is 0.414. The van der Waals surface area contributed by atoms with E-state index in [1.54, 1.807) is 12.1 Å². The van der Waals surface area contributed by atoms with Crippen LogP contribution in [0.1, 0.15) is 32.4 Å². The summed E-state index contributed by atoms with van der Waals surface area (Å²) in [6.07, 6.45) is 2.07. The highest BCUT2D eigenvalue weighted by Gasteiger charge is 2.11. The third-order valence-corrected chi connectivity index (χ3v) is 2.52. The molecule has 4 heteroatoms. The van der Waals surface area contributed by atoms with Gasteiger partial charge in [-0.25, -0.2) is 4.98 Å². The van der Waals surface area contributed by atoms with Crippen LogP contribution in [0.15, 0.2) is 12.1 Å². The highest BCUT2D eigenvalue weighted by atomic mass is 35.5. The zero-order chi connectivity index (χ0) is 12.0. The number of pyridine rings is 1. The zero-order valence-electron chi connectivity index (χ0n) is 9.70. The molecule has 1 aromatic rings. The Bertz CT molecular complexity index is 378. The Morgan fingerprint density at radius 1 is 1.31 bits per heavy atom. The topological polar surface area (TPSA) is 39.9 Å². The molecule has 1 heterocycles. The molecule has 0 unspecified atom stereocenters. The minimum Gasteiger partial charge on any atom is -0.355 e. The van der Waals surface area contributed by atoms with E-state index < -0.39 is 0 Å². The van der Waals surface area contributed by atoms with Crippen LogP contribution >= 0.6 is 11.6 Å². The van der Waals surface area contributed by atoms with Gasteiger partial charge in [0.15, 0.2) is 0 Å². The van der Waals surface area contributed by atoms with Gasteiger partial charge in [0.05, 0.1) is 5.02 Å². The maximum absolute atomic E-state index is 8.82. The van der Waals surface area contributed by atoms with E-state index in [0.717, 1.165) is 31.7 Å². The van der Waals surface area contributed by atoms with Crippen molar-refractivity contribution in [1.29, 1.82) is 5.26 Å². The van der Waals surface area contributed by atoms with Gasteiger partial charge in [-0.3, -0.25) is 0 Å². The molecule has 0 fully saturated rings. The van der Waals surface area contributed by atoms with Gasteiger partial charge in [-0.15, -0.1) is 0 Å². The third kappa shape index (κ3) is 3.11. The van der Waals surface area contributed by atoms with E-state index in [0.29, 0.717) is 10.7 Å². The number of hydrogen-bond acceptors (Lipinski definition) is 3. The largest absolute Gasteiger partial charge is 0.355 e. The summed E-state index contributed by atoms with van der Waals surface area (Å²) in [5, 5.41) is 9.43. The number of rotatable bonds is 5. The number of hydrogen-bond donors (Lipinski definition) is 0. The molecule has 0 saturated heterocycles. The predicted molar refractivity (Wildman–Crippen MR) is 66.8 cm³/mol. The van der Waals surface area contributed by atoms with Crippen molar-refractivity contribution in [3.8, 4) is 6.07 Å². The first-order chi connectivity index (χ1) is 7.72. The number of nitriles is 1. The lowest BCUT2D eigenvalue weighted by Gasteiger charge is -2.23. The van der Waals surface area contributed by atoms with Crippen LogP contribution in [0.2, 0.25) is 5.02 Å². The van der Waals surface area contributed by atoms with Crippen molar-refractivity contribution in [3.05, 3.63) is 22.8 Å². The molecule has 0 aromatic carbocycles. The Hall–Kier alpha value is -1.27. The number of nitrogens with zero attached hydrogens (tertiary/aromatic N) is 3. The zero-order valence-corrected chi connectivity index (χ0v) is 10.5. The van der Waals surface area contributed by atoms with Crippen LogP contribution in [0.3, 0.4) is 0 Å². The summed E-state index contributed by atoms with van der Waals surface area (Å²) in [5.74, 6) is 0.726. The maximum Gasteiger partial charge on any atom is 0.148 e. The quantitative estimate of drug-likeness (QED) is 0.789. The van der Waals surface area contributed by atoms with E-state index in [1.165, 1.54) is 0 Å². The molecule has 0 amide bonds. The predicted octanol–water partition coefficient (Wildman–Crippen LogP) is 3.23. The van der Waals surface area contributed by atoms with Crippen molar-refractivity contribution in [3.63, 3.8) is 0 Å². The second kappa shape index (κ2) is 6.34. The molecule has 0 N–H and O–H groups in total. The van der Waals surface area contributed by atoms with Gasteiger partial charge in [0.2, 0.25) is 0 Å². The van der Waals surface area contributed by atoms with Crippen molar-refractivity contribution < 1.29 is 0 Å². The molecule has 1 rings (SSSR count). The minimum atomic E-state index is 0.414. The fraction of sp³-hybridized carbons (Fsp3) is 0.500. The molecule has 0 aliphatic carbocycles. The molecule has 0 aliphatic heterocycles. The molecule has 3 nitrogen and oxygen atoms in total. The summed E-state index contributed by atoms with van der Waals surface area (Å²) >= 11 is 6.11. The summed E-state index contributed by atoms with van der Waals surface area (Å²) in [6.45, 7) is 6.06. The average Bonchev–Trinajstić information content (AvgIpc) is 2.29. The lowest BCUT2D eigenvalue weighted by atomic mass is 10.3. The molecule has 16 heavy (non-hydrogen) atoms. The summed E-state index contributed by atoms with van der Waals surface area (Å²) < 4.78 is 0. The molecular formula is C12H16ClN3. The Morgan fingerprint density at radius 3 is 2.44 bits per heavy atom. The SMILES string of the molecule is CCCN(CCC)c1nc(C#N)ccc1Cl. The van der Waals surface area contributed by atoms with E-state index in [2.05, 4.69) is 23.7 Å². The average molecular weight is 238 g/mol. The van der Waals surface area contributed by atoms with Crippen LogP contribution < -0.4 is 4.90 Å². The molecule has 0 saturated carbocycles. The van der Waals surface area contributed by atoms with Crippen LogP contribution in [0.4, 0.5) is 5.82 Å². The highest BCUT2D eigenvalue weighted by molar-refractivity contribution is 6.32. The fourth-order valence-corrected chi connectivity index (χ4v) is 1.80. The van der Waals surface area contributed by atoms with Gasteiger partial charge >= 0.3 is 0 Å². The third-order valence-electron chi connectivity index (χ3n) is 2.23. The highest BCUT2D eigenvalue weighted by Crippen LogP contribution is 2.23. The molecule has 0 aliphatic rings. The second-order valence-electron chi connectivity index (χ2n) is 3.60. The van der Waals surface area contributed by atoms with Crippen LogP contribution in [-0.4, -0.2) is 18.1 Å². The van der Waals surface area contributed by atoms with E-state index in [1.807, 2.05) is 6.07 Å². The van der Waals surface area contributed by atoms with Crippen LogP contribution in [0.25, 0.3) is 0 Å². The van der Waals surface area contributed by atoms with Gasteiger partial charge < -0.3 is 4.90 Å². The number of aromatic nitrogens is 1. The smallest absolute Gasteiger partial charge is 0.148 e. The summed E-state index contributed by atoms with van der Waals surface area (Å²) in [7, 11) is 0. The van der Waals surface area contributed by atoms with Gasteiger partial charge in [-0.1, -0.05) is 25.4 Å². The molecule has 0 radical (unpaired) electrons. The van der Waals surface area contributed by atoms with E-state index in [9.17, 15) is 0 Å². The molecule has 0 spiro atoms. The standard InChI is InChI=1S/C12H16ClN3/c1-3-7-16(8-4-2)12-11(13)6-5-10(9-14)15-12/h5-6H,3-4,7-8H2,1-2H3. The molecule has 0 bridgehead atoms. The lowest BCUT2D eigenvalue weighted by Crippen LogP contribution is -2.26. The Kier molecular flexibility index (Phi) is 5.07. The van der Waals surface area contributed by atoms with Gasteiger partial charge in [0, 0.05) is 13.1 Å². The molecule has 1 aromatic heterocycles. The second-order valence-corrected chi connectivity index (χ2v) is 4.01. The van der Waals surface area contributed by atoms with E-state index >= 15 is 0 Å². The van der Waals surface area contributed by atoms with Crippen LogP contribution in [0, 0.1) is 11.3 Å². The van der Waals surface area contributed by atoms with Gasteiger partial charge in [-0.2, -0.15) is 5.26 Å². The van der Waals surface area contributed by atoms with E-state index in [-0.39, 0.29) is 0 Å². The maximum atomic E-state index is 8.82. The minimum absolute atomic E-state index is 0.414. The first-order valence-electron chi connectivity index (χ1n) is 5.54. The van der Waals surface area contributed by atoms with Crippen LogP contribution in [-0.2, 0) is 0 Å². The van der Waals surface area contributed by atoms with Gasteiger partial charge in [0.25, 0.3) is 0 Å². The molecular weight excluding hydrogens is 222 g/mol. The van der Waals surface area contributed by atoms with Crippen molar-refractivity contribution >= 4 is 17.4 Å². The lowest BCUT2D eigenvalue weighted by molar-refractivity contribution is 0.734. The Morgan fingerprint density at radius 2 is 1.94 bits per heavy atom. The molecule has 0 atom stereocenters. The number of anilines is 1. The van der Waals surface area contributed by atoms with Gasteiger partial charge in [0.1, 0.15) is 17.6 Å². The van der Waals surface area contributed by atoms with E-state index in [4.69, 9.17) is 16.9 Å². The molecule has 86 valence electrons. The van der Waals surface area contributed by atoms with Crippen molar-refractivity contribution in [2.75, 3.05) is 18.0 Å². The normalized spacial score (nSPS) is 9.88. The number of halogens is 1. The summed E-state index contributed by atoms with van der Waals surface area (Å²) in [4.78, 5) is 6.39. The van der Waals surface area contributed by atoms with Crippen molar-refractivity contribution in [1.82, 2.24) is 4.98 Å².